The lowest BCUT2D eigenvalue weighted by Gasteiger charge is -2.09. The summed E-state index contributed by atoms with van der Waals surface area (Å²) in [4.78, 5) is 0. The quantitative estimate of drug-likeness (QED) is 0.271. The van der Waals surface area contributed by atoms with Crippen LogP contribution in [0.3, 0.4) is 0 Å². The van der Waals surface area contributed by atoms with Crippen molar-refractivity contribution in [2.24, 2.45) is 0 Å². The summed E-state index contributed by atoms with van der Waals surface area (Å²) in [5.41, 5.74) is 2.55. The fourth-order valence-corrected chi connectivity index (χ4v) is 2.61. The number of unbranched alkanes of at least 4 members (excludes halogenated alkanes) is 8. The summed E-state index contributed by atoms with van der Waals surface area (Å²) in [7, 11) is 2.03. The minimum Gasteiger partial charge on any atom is -0.389 e. The van der Waals surface area contributed by atoms with Crippen molar-refractivity contribution < 1.29 is 0 Å². The molecule has 0 amide bonds. The van der Waals surface area contributed by atoms with Crippen LogP contribution in [0.4, 0.5) is 0 Å². The Hall–Kier alpha value is -0.760. The number of hydrogen-bond acceptors (Lipinski definition) is 2. The second kappa shape index (κ2) is 16.6. The van der Waals surface area contributed by atoms with Crippen molar-refractivity contribution in [3.8, 4) is 0 Å². The van der Waals surface area contributed by atoms with Crippen molar-refractivity contribution >= 4 is 0 Å². The number of nitrogens with one attached hydrogen (secondary N) is 2. The van der Waals surface area contributed by atoms with E-state index in [9.17, 15) is 0 Å². The molecular formula is C20H40N2. The van der Waals surface area contributed by atoms with Crippen LogP contribution in [0, 0.1) is 0 Å². The molecule has 22 heavy (non-hydrogen) atoms. The van der Waals surface area contributed by atoms with Gasteiger partial charge in [-0.3, -0.25) is 0 Å². The van der Waals surface area contributed by atoms with Gasteiger partial charge in [0.05, 0.1) is 0 Å². The van der Waals surface area contributed by atoms with E-state index in [2.05, 4.69) is 30.7 Å². The van der Waals surface area contributed by atoms with Crippen molar-refractivity contribution in [2.75, 3.05) is 20.1 Å². The maximum Gasteiger partial charge on any atom is 0.0143 e. The molecule has 0 aliphatic heterocycles. The molecule has 0 aromatic carbocycles. The smallest absolute Gasteiger partial charge is 0.0143 e. The van der Waals surface area contributed by atoms with Gasteiger partial charge in [0.2, 0.25) is 0 Å². The summed E-state index contributed by atoms with van der Waals surface area (Å²) in [6, 6.07) is 0. The molecule has 0 saturated heterocycles. The molecule has 0 heterocycles. The summed E-state index contributed by atoms with van der Waals surface area (Å²) in [6.07, 6.45) is 15.6. The van der Waals surface area contributed by atoms with E-state index >= 15 is 0 Å². The summed E-state index contributed by atoms with van der Waals surface area (Å²) in [5, 5.41) is 6.68. The van der Waals surface area contributed by atoms with E-state index in [1.165, 1.54) is 81.9 Å². The van der Waals surface area contributed by atoms with E-state index in [0.717, 1.165) is 19.5 Å². The predicted octanol–water partition coefficient (Wildman–Crippen LogP) is 5.57. The first kappa shape index (κ1) is 21.2. The van der Waals surface area contributed by atoms with Crippen LogP contribution in [0.1, 0.15) is 84.0 Å². The molecule has 0 radical (unpaired) electrons. The van der Waals surface area contributed by atoms with Gasteiger partial charge >= 0.3 is 0 Å². The van der Waals surface area contributed by atoms with Crippen molar-refractivity contribution in [3.05, 3.63) is 24.4 Å². The van der Waals surface area contributed by atoms with E-state index in [-0.39, 0.29) is 0 Å². The minimum atomic E-state index is 1.10. The molecule has 2 N–H and O–H groups in total. The van der Waals surface area contributed by atoms with Crippen LogP contribution in [0.2, 0.25) is 0 Å². The van der Waals surface area contributed by atoms with Gasteiger partial charge in [-0.2, -0.15) is 0 Å². The maximum absolute atomic E-state index is 4.14. The van der Waals surface area contributed by atoms with Crippen molar-refractivity contribution in [2.45, 2.75) is 84.0 Å². The Morgan fingerprint density at radius 2 is 1.18 bits per heavy atom. The first-order valence-corrected chi connectivity index (χ1v) is 9.37. The largest absolute Gasteiger partial charge is 0.389 e. The molecule has 0 spiro atoms. The van der Waals surface area contributed by atoms with Gasteiger partial charge in [0, 0.05) is 12.2 Å². The van der Waals surface area contributed by atoms with Gasteiger partial charge in [0.1, 0.15) is 0 Å². The normalized spacial score (nSPS) is 10.6. The average Bonchev–Trinajstić information content (AvgIpc) is 2.48. The minimum absolute atomic E-state index is 1.10. The lowest BCUT2D eigenvalue weighted by molar-refractivity contribution is 0.572. The van der Waals surface area contributed by atoms with Gasteiger partial charge in [0.25, 0.3) is 0 Å². The SMILES string of the molecule is C=C(C)CCCCCCCNC(=C)CCCCCCCNC. The molecule has 130 valence electrons. The predicted molar refractivity (Wildman–Crippen MR) is 101 cm³/mol. The zero-order chi connectivity index (χ0) is 16.5. The molecule has 2 heteroatoms. The van der Waals surface area contributed by atoms with Crippen molar-refractivity contribution in [1.82, 2.24) is 10.6 Å². The Balaban J connectivity index is 3.17. The van der Waals surface area contributed by atoms with Crippen molar-refractivity contribution in [3.63, 3.8) is 0 Å². The van der Waals surface area contributed by atoms with Crippen LogP contribution in [0.25, 0.3) is 0 Å². The zero-order valence-corrected chi connectivity index (χ0v) is 15.3. The Labute approximate surface area is 139 Å². The summed E-state index contributed by atoms with van der Waals surface area (Å²) < 4.78 is 0. The monoisotopic (exact) mass is 308 g/mol. The number of hydrogen-bond donors (Lipinski definition) is 2. The van der Waals surface area contributed by atoms with Crippen LogP contribution in [0.15, 0.2) is 24.4 Å². The molecule has 0 aromatic rings. The summed E-state index contributed by atoms with van der Waals surface area (Å²) >= 11 is 0. The molecule has 0 aromatic heterocycles. The average molecular weight is 309 g/mol. The van der Waals surface area contributed by atoms with Gasteiger partial charge in [-0.15, -0.1) is 6.58 Å². The molecule has 0 aliphatic carbocycles. The third kappa shape index (κ3) is 17.3. The highest BCUT2D eigenvalue weighted by atomic mass is 14.9. The first-order chi connectivity index (χ1) is 10.7. The van der Waals surface area contributed by atoms with E-state index in [0.29, 0.717) is 0 Å². The standard InChI is InChI=1S/C20H40N2/c1-19(2)15-11-7-5-10-14-18-22-20(3)16-12-8-6-9-13-17-21-4/h21-22H,1,3,5-18H2,2,4H3. The second-order valence-electron chi connectivity index (χ2n) is 6.63. The van der Waals surface area contributed by atoms with E-state index in [1.807, 2.05) is 7.05 Å². The van der Waals surface area contributed by atoms with Gasteiger partial charge in [-0.05, 0) is 59.0 Å². The van der Waals surface area contributed by atoms with Crippen LogP contribution in [-0.2, 0) is 0 Å². The van der Waals surface area contributed by atoms with Gasteiger partial charge in [-0.1, -0.05) is 50.7 Å². The van der Waals surface area contributed by atoms with Crippen LogP contribution >= 0.6 is 0 Å². The van der Waals surface area contributed by atoms with Crippen LogP contribution < -0.4 is 10.6 Å². The summed E-state index contributed by atoms with van der Waals surface area (Å²) in [5.74, 6) is 0. The van der Waals surface area contributed by atoms with Gasteiger partial charge in [0.15, 0.2) is 0 Å². The molecule has 0 atom stereocenters. The highest BCUT2D eigenvalue weighted by Gasteiger charge is 1.96. The lowest BCUT2D eigenvalue weighted by Crippen LogP contribution is -2.13. The van der Waals surface area contributed by atoms with E-state index in [4.69, 9.17) is 0 Å². The molecule has 2 nitrogen and oxygen atoms in total. The molecule has 0 fully saturated rings. The lowest BCUT2D eigenvalue weighted by atomic mass is 10.1. The fourth-order valence-electron chi connectivity index (χ4n) is 2.61. The Morgan fingerprint density at radius 3 is 1.77 bits per heavy atom. The van der Waals surface area contributed by atoms with Crippen LogP contribution in [0.5, 0.6) is 0 Å². The first-order valence-electron chi connectivity index (χ1n) is 9.37. The van der Waals surface area contributed by atoms with E-state index in [1.54, 1.807) is 0 Å². The number of rotatable bonds is 17. The maximum atomic E-state index is 4.14. The second-order valence-corrected chi connectivity index (χ2v) is 6.63. The molecule has 0 unspecified atom stereocenters. The summed E-state index contributed by atoms with van der Waals surface area (Å²) in [6.45, 7) is 12.5. The molecule has 0 rings (SSSR count). The topological polar surface area (TPSA) is 24.1 Å². The fraction of sp³-hybridized carbons (Fsp3) is 0.800. The molecule has 0 aliphatic rings. The zero-order valence-electron chi connectivity index (χ0n) is 15.3. The third-order valence-corrected chi connectivity index (χ3v) is 4.06. The molecule has 0 saturated carbocycles. The third-order valence-electron chi connectivity index (χ3n) is 4.06. The van der Waals surface area contributed by atoms with Crippen LogP contribution in [-0.4, -0.2) is 20.1 Å². The molecular weight excluding hydrogens is 268 g/mol. The highest BCUT2D eigenvalue weighted by molar-refractivity contribution is 4.90. The highest BCUT2D eigenvalue weighted by Crippen LogP contribution is 2.10. The molecule has 0 bridgehead atoms. The van der Waals surface area contributed by atoms with Gasteiger partial charge < -0.3 is 10.6 Å². The Bertz CT molecular complexity index is 271. The Kier molecular flexibility index (Phi) is 16.0. The van der Waals surface area contributed by atoms with Crippen molar-refractivity contribution in [1.29, 1.82) is 0 Å². The van der Waals surface area contributed by atoms with E-state index < -0.39 is 0 Å². The Morgan fingerprint density at radius 1 is 0.682 bits per heavy atom. The van der Waals surface area contributed by atoms with Gasteiger partial charge in [-0.25, -0.2) is 0 Å². The number of allylic oxidation sites excluding steroid dienone is 2.